The van der Waals surface area contributed by atoms with Gasteiger partial charge in [0.25, 0.3) is 17.7 Å². The minimum Gasteiger partial charge on any atom is -0.444 e. The van der Waals surface area contributed by atoms with Crippen LogP contribution in [-0.2, 0) is 19.2 Å². The van der Waals surface area contributed by atoms with Crippen LogP contribution in [0.3, 0.4) is 0 Å². The van der Waals surface area contributed by atoms with E-state index in [1.807, 2.05) is 0 Å². The molecule has 0 aliphatic carbocycles. The summed E-state index contributed by atoms with van der Waals surface area (Å²) in [6.07, 6.45) is 1.74. The third-order valence-corrected chi connectivity index (χ3v) is 8.41. The molecule has 4 amide bonds. The predicted octanol–water partition coefficient (Wildman–Crippen LogP) is 5.40. The number of benzene rings is 2. The number of amides is 4. The maximum atomic E-state index is 13.4. The molecule has 11 nitrogen and oxygen atoms in total. The van der Waals surface area contributed by atoms with Crippen molar-refractivity contribution in [3.05, 3.63) is 82.0 Å². The van der Waals surface area contributed by atoms with Gasteiger partial charge in [0.1, 0.15) is 17.5 Å². The zero-order valence-electron chi connectivity index (χ0n) is 24.2. The van der Waals surface area contributed by atoms with E-state index < -0.39 is 45.2 Å². The SMILES string of the molecule is C=S(=O)(NC(=O)C1CCCN1C(=O)OC(C)(C)C)c1ccc(C(=O)Nc2ccc(Cl)cc2C(=O)Nc2ccc(Cl)cn2)cc1. The molecule has 232 valence electrons. The summed E-state index contributed by atoms with van der Waals surface area (Å²) >= 11 is 12.0. The van der Waals surface area contributed by atoms with Gasteiger partial charge in [0.15, 0.2) is 0 Å². The highest BCUT2D eigenvalue weighted by atomic mass is 35.5. The molecule has 3 N–H and O–H groups in total. The van der Waals surface area contributed by atoms with Gasteiger partial charge >= 0.3 is 6.09 Å². The Morgan fingerprint density at radius 2 is 1.66 bits per heavy atom. The number of nitrogens with zero attached hydrogens (tertiary/aromatic N) is 2. The number of carbonyl (C=O) groups excluding carboxylic acids is 4. The average molecular weight is 661 g/mol. The van der Waals surface area contributed by atoms with Crippen molar-refractivity contribution < 1.29 is 28.1 Å². The van der Waals surface area contributed by atoms with Gasteiger partial charge in [0.2, 0.25) is 0 Å². The number of hydrogen-bond acceptors (Lipinski definition) is 7. The Hall–Kier alpha value is -4.13. The molecule has 2 unspecified atom stereocenters. The van der Waals surface area contributed by atoms with Crippen LogP contribution in [0.2, 0.25) is 10.0 Å². The fourth-order valence-electron chi connectivity index (χ4n) is 4.34. The van der Waals surface area contributed by atoms with E-state index in [0.717, 1.165) is 0 Å². The number of carbonyl (C=O) groups is 4. The van der Waals surface area contributed by atoms with Crippen molar-refractivity contribution in [2.45, 2.75) is 50.2 Å². The molecular formula is C30H31Cl2N5O6S. The summed E-state index contributed by atoms with van der Waals surface area (Å²) in [5.41, 5.74) is -0.266. The first-order chi connectivity index (χ1) is 20.6. The lowest BCUT2D eigenvalue weighted by Gasteiger charge is -2.28. The minimum atomic E-state index is -3.33. The highest BCUT2D eigenvalue weighted by Crippen LogP contribution is 2.24. The Bertz CT molecular complexity index is 1690. The van der Waals surface area contributed by atoms with Crippen molar-refractivity contribution in [2.24, 2.45) is 0 Å². The molecular weight excluding hydrogens is 629 g/mol. The van der Waals surface area contributed by atoms with Crippen LogP contribution in [0.25, 0.3) is 0 Å². The average Bonchev–Trinajstić information content (AvgIpc) is 3.45. The highest BCUT2D eigenvalue weighted by Gasteiger charge is 2.37. The van der Waals surface area contributed by atoms with Gasteiger partial charge < -0.3 is 15.4 Å². The van der Waals surface area contributed by atoms with Gasteiger partial charge in [-0.05, 0) is 94.1 Å². The summed E-state index contributed by atoms with van der Waals surface area (Å²) in [4.78, 5) is 57.2. The number of hydrogen-bond donors (Lipinski definition) is 3. The quantitative estimate of drug-likeness (QED) is 0.288. The zero-order valence-corrected chi connectivity index (χ0v) is 26.5. The highest BCUT2D eigenvalue weighted by molar-refractivity contribution is 7.99. The van der Waals surface area contributed by atoms with Crippen molar-refractivity contribution in [3.63, 3.8) is 0 Å². The van der Waals surface area contributed by atoms with E-state index in [2.05, 4.69) is 26.2 Å². The van der Waals surface area contributed by atoms with Gasteiger partial charge in [0, 0.05) is 28.2 Å². The second-order valence-corrected chi connectivity index (χ2v) is 13.9. The summed E-state index contributed by atoms with van der Waals surface area (Å²) in [6.45, 7) is 5.53. The summed E-state index contributed by atoms with van der Waals surface area (Å²) in [5, 5.41) is 5.99. The van der Waals surface area contributed by atoms with Crippen LogP contribution in [0.4, 0.5) is 16.3 Å². The standard InChI is InChI=1S/C30H31Cl2N5O6S/c1-30(2,3)43-29(41)37-15-5-6-24(37)28(40)36-44(4,42)21-11-7-18(8-12-21)26(38)34-23-13-9-19(31)16-22(23)27(39)35-25-14-10-20(32)17-33-25/h7-14,16-17,24H,4-6,15H2,1-3H3,(H,34,38)(H,33,35,39)(H,36,40,42). The van der Waals surface area contributed by atoms with Crippen LogP contribution in [0, 0.1) is 0 Å². The Labute approximate surface area is 265 Å². The molecule has 1 aliphatic heterocycles. The molecule has 0 spiro atoms. The van der Waals surface area contributed by atoms with Gasteiger partial charge in [-0.15, -0.1) is 0 Å². The molecule has 1 saturated heterocycles. The Balaban J connectivity index is 1.44. The predicted molar refractivity (Wildman–Crippen MR) is 171 cm³/mol. The number of anilines is 2. The van der Waals surface area contributed by atoms with E-state index in [0.29, 0.717) is 24.4 Å². The van der Waals surface area contributed by atoms with Crippen LogP contribution in [0.1, 0.15) is 54.3 Å². The molecule has 2 atom stereocenters. The Kier molecular flexibility index (Phi) is 9.87. The topological polar surface area (TPSA) is 147 Å². The zero-order chi connectivity index (χ0) is 32.2. The van der Waals surface area contributed by atoms with Gasteiger partial charge in [-0.3, -0.25) is 24.0 Å². The van der Waals surface area contributed by atoms with Crippen LogP contribution < -0.4 is 15.4 Å². The van der Waals surface area contributed by atoms with E-state index in [9.17, 15) is 23.4 Å². The van der Waals surface area contributed by atoms with Gasteiger partial charge in [-0.25, -0.2) is 14.0 Å². The van der Waals surface area contributed by atoms with Crippen molar-refractivity contribution in [3.8, 4) is 0 Å². The number of aromatic nitrogens is 1. The van der Waals surface area contributed by atoms with Crippen molar-refractivity contribution in [1.82, 2.24) is 14.6 Å². The van der Waals surface area contributed by atoms with Crippen molar-refractivity contribution in [2.75, 3.05) is 17.2 Å². The summed E-state index contributed by atoms with van der Waals surface area (Å²) < 4.78 is 21.3. The molecule has 0 saturated carbocycles. The second kappa shape index (κ2) is 13.2. The third kappa shape index (κ3) is 8.28. The maximum Gasteiger partial charge on any atom is 0.410 e. The van der Waals surface area contributed by atoms with E-state index in [1.54, 1.807) is 26.8 Å². The molecule has 14 heteroatoms. The Morgan fingerprint density at radius 1 is 0.977 bits per heavy atom. The van der Waals surface area contributed by atoms with Crippen LogP contribution >= 0.6 is 23.2 Å². The molecule has 3 aromatic rings. The van der Waals surface area contributed by atoms with Gasteiger partial charge in [-0.2, -0.15) is 0 Å². The fourth-order valence-corrected chi connectivity index (χ4v) is 5.77. The number of likely N-dealkylation sites (tertiary alicyclic amines) is 1. The molecule has 44 heavy (non-hydrogen) atoms. The van der Waals surface area contributed by atoms with E-state index in [1.165, 1.54) is 59.6 Å². The van der Waals surface area contributed by atoms with Crippen molar-refractivity contribution in [1.29, 1.82) is 0 Å². The first-order valence-electron chi connectivity index (χ1n) is 13.5. The van der Waals surface area contributed by atoms with Crippen LogP contribution in [0.15, 0.2) is 65.7 Å². The number of ether oxygens (including phenoxy) is 1. The first-order valence-corrected chi connectivity index (χ1v) is 15.9. The normalized spacial score (nSPS) is 16.0. The number of pyridine rings is 1. The smallest absolute Gasteiger partial charge is 0.410 e. The van der Waals surface area contributed by atoms with E-state index in [-0.39, 0.29) is 32.6 Å². The van der Waals surface area contributed by atoms with E-state index in [4.69, 9.17) is 27.9 Å². The van der Waals surface area contributed by atoms with Crippen LogP contribution in [-0.4, -0.2) is 62.0 Å². The third-order valence-electron chi connectivity index (χ3n) is 6.39. The second-order valence-electron chi connectivity index (χ2n) is 11.0. The van der Waals surface area contributed by atoms with E-state index >= 15 is 0 Å². The lowest BCUT2D eigenvalue weighted by molar-refractivity contribution is -0.123. The summed E-state index contributed by atoms with van der Waals surface area (Å²) in [5.74, 6) is 2.21. The fraction of sp³-hybridized carbons (Fsp3) is 0.267. The first kappa shape index (κ1) is 32.8. The van der Waals surface area contributed by atoms with Gasteiger partial charge in [-0.1, -0.05) is 23.2 Å². The summed E-state index contributed by atoms with van der Waals surface area (Å²) in [7, 11) is -3.33. The molecule has 0 radical (unpaired) electrons. The summed E-state index contributed by atoms with van der Waals surface area (Å²) in [6, 6.07) is 12.3. The molecule has 1 aromatic heterocycles. The number of nitrogens with one attached hydrogen (secondary N) is 3. The Morgan fingerprint density at radius 3 is 2.30 bits per heavy atom. The molecule has 2 heterocycles. The molecule has 4 rings (SSSR count). The number of rotatable bonds is 7. The van der Waals surface area contributed by atoms with Crippen molar-refractivity contribution >= 4 is 74.1 Å². The molecule has 0 bridgehead atoms. The maximum absolute atomic E-state index is 13.4. The minimum absolute atomic E-state index is 0.0926. The lowest BCUT2D eigenvalue weighted by atomic mass is 10.1. The molecule has 1 aliphatic rings. The molecule has 1 fully saturated rings. The van der Waals surface area contributed by atoms with Gasteiger partial charge in [0.05, 0.1) is 26.0 Å². The van der Waals surface area contributed by atoms with Crippen LogP contribution in [0.5, 0.6) is 0 Å². The number of halogens is 2. The largest absolute Gasteiger partial charge is 0.444 e. The monoisotopic (exact) mass is 659 g/mol. The lowest BCUT2D eigenvalue weighted by Crippen LogP contribution is -2.48. The molecule has 2 aromatic carbocycles.